The van der Waals surface area contributed by atoms with E-state index in [1.807, 2.05) is 24.3 Å². The standard InChI is InChI=1S/C15H20N2O2/c1-19-13-8-6-12(7-9-13)16-15(18)17-14(10-2-3-10)11-4-5-11/h6-11,14H,2-5H2,1H3,(H2,16,17,18). The Morgan fingerprint density at radius 1 is 1.16 bits per heavy atom. The van der Waals surface area contributed by atoms with E-state index < -0.39 is 0 Å². The highest BCUT2D eigenvalue weighted by molar-refractivity contribution is 5.89. The molecule has 1 aromatic rings. The molecule has 19 heavy (non-hydrogen) atoms. The predicted octanol–water partition coefficient (Wildman–Crippen LogP) is 3.01. The van der Waals surface area contributed by atoms with Gasteiger partial charge in [0.2, 0.25) is 0 Å². The van der Waals surface area contributed by atoms with Crippen LogP contribution in [0, 0.1) is 11.8 Å². The summed E-state index contributed by atoms with van der Waals surface area (Å²) < 4.78 is 5.09. The number of carbonyl (C=O) groups is 1. The molecular formula is C15H20N2O2. The second-order valence-corrected chi connectivity index (χ2v) is 5.53. The zero-order valence-electron chi connectivity index (χ0n) is 11.2. The third kappa shape index (κ3) is 3.19. The van der Waals surface area contributed by atoms with Gasteiger partial charge < -0.3 is 15.4 Å². The van der Waals surface area contributed by atoms with Crippen LogP contribution in [0.4, 0.5) is 10.5 Å². The zero-order valence-corrected chi connectivity index (χ0v) is 11.2. The molecule has 3 rings (SSSR count). The van der Waals surface area contributed by atoms with Crippen molar-refractivity contribution in [3.05, 3.63) is 24.3 Å². The Kier molecular flexibility index (Phi) is 3.32. The van der Waals surface area contributed by atoms with Crippen LogP contribution in [0.25, 0.3) is 0 Å². The van der Waals surface area contributed by atoms with Crippen molar-refractivity contribution in [2.45, 2.75) is 31.7 Å². The van der Waals surface area contributed by atoms with E-state index in [4.69, 9.17) is 4.74 Å². The third-order valence-corrected chi connectivity index (χ3v) is 3.91. The summed E-state index contributed by atoms with van der Waals surface area (Å²) in [7, 11) is 1.63. The molecule has 2 N–H and O–H groups in total. The molecule has 0 spiro atoms. The molecule has 2 aliphatic rings. The lowest BCUT2D eigenvalue weighted by molar-refractivity contribution is 0.245. The van der Waals surface area contributed by atoms with Gasteiger partial charge in [-0.15, -0.1) is 0 Å². The summed E-state index contributed by atoms with van der Waals surface area (Å²) in [5.74, 6) is 2.23. The van der Waals surface area contributed by atoms with E-state index in [1.54, 1.807) is 7.11 Å². The number of methoxy groups -OCH3 is 1. The van der Waals surface area contributed by atoms with Crippen LogP contribution in [0.15, 0.2) is 24.3 Å². The molecule has 0 heterocycles. The molecular weight excluding hydrogens is 240 g/mol. The maximum atomic E-state index is 12.0. The molecule has 102 valence electrons. The summed E-state index contributed by atoms with van der Waals surface area (Å²) >= 11 is 0. The predicted molar refractivity (Wildman–Crippen MR) is 74.4 cm³/mol. The van der Waals surface area contributed by atoms with E-state index in [1.165, 1.54) is 25.7 Å². The summed E-state index contributed by atoms with van der Waals surface area (Å²) in [5, 5.41) is 6.02. The van der Waals surface area contributed by atoms with Crippen molar-refractivity contribution in [2.24, 2.45) is 11.8 Å². The van der Waals surface area contributed by atoms with E-state index in [0.29, 0.717) is 17.9 Å². The van der Waals surface area contributed by atoms with Crippen LogP contribution in [0.3, 0.4) is 0 Å². The molecule has 2 aliphatic carbocycles. The summed E-state index contributed by atoms with van der Waals surface area (Å²) in [5.41, 5.74) is 0.795. The van der Waals surface area contributed by atoms with Crippen molar-refractivity contribution in [2.75, 3.05) is 12.4 Å². The fourth-order valence-corrected chi connectivity index (χ4v) is 2.52. The second-order valence-electron chi connectivity index (χ2n) is 5.53. The molecule has 0 atom stereocenters. The van der Waals surface area contributed by atoms with Gasteiger partial charge in [0.05, 0.1) is 7.11 Å². The second kappa shape index (κ2) is 5.11. The Hall–Kier alpha value is -1.71. The van der Waals surface area contributed by atoms with Gasteiger partial charge >= 0.3 is 6.03 Å². The summed E-state index contributed by atoms with van der Waals surface area (Å²) in [6.45, 7) is 0. The number of nitrogens with one attached hydrogen (secondary N) is 2. The lowest BCUT2D eigenvalue weighted by atomic mass is 10.1. The van der Waals surface area contributed by atoms with Gasteiger partial charge in [0.25, 0.3) is 0 Å². The monoisotopic (exact) mass is 260 g/mol. The summed E-state index contributed by atoms with van der Waals surface area (Å²) in [6, 6.07) is 7.68. The molecule has 0 unspecified atom stereocenters. The molecule has 2 saturated carbocycles. The number of carbonyl (C=O) groups excluding carboxylic acids is 1. The molecule has 2 fully saturated rings. The molecule has 0 saturated heterocycles. The minimum Gasteiger partial charge on any atom is -0.497 e. The van der Waals surface area contributed by atoms with Gasteiger partial charge in [-0.25, -0.2) is 4.79 Å². The van der Waals surface area contributed by atoms with Gasteiger partial charge in [-0.1, -0.05) is 0 Å². The first kappa shape index (κ1) is 12.3. The highest BCUT2D eigenvalue weighted by atomic mass is 16.5. The average Bonchev–Trinajstić information content (AvgIpc) is 3.30. The van der Waals surface area contributed by atoms with Gasteiger partial charge in [0, 0.05) is 11.7 Å². The third-order valence-electron chi connectivity index (χ3n) is 3.91. The number of anilines is 1. The fourth-order valence-electron chi connectivity index (χ4n) is 2.52. The molecule has 0 radical (unpaired) electrons. The number of rotatable bonds is 5. The Morgan fingerprint density at radius 3 is 2.21 bits per heavy atom. The molecule has 0 aliphatic heterocycles. The van der Waals surface area contributed by atoms with E-state index in [9.17, 15) is 4.79 Å². The maximum Gasteiger partial charge on any atom is 0.319 e. The lowest BCUT2D eigenvalue weighted by Gasteiger charge is -2.18. The van der Waals surface area contributed by atoms with Crippen LogP contribution in [-0.2, 0) is 0 Å². The van der Waals surface area contributed by atoms with E-state index >= 15 is 0 Å². The van der Waals surface area contributed by atoms with Crippen LogP contribution >= 0.6 is 0 Å². The van der Waals surface area contributed by atoms with Crippen LogP contribution < -0.4 is 15.4 Å². The number of benzene rings is 1. The quantitative estimate of drug-likeness (QED) is 0.855. The normalized spacial score (nSPS) is 18.2. The molecule has 4 nitrogen and oxygen atoms in total. The van der Waals surface area contributed by atoms with Gasteiger partial charge in [-0.2, -0.15) is 0 Å². The molecule has 2 amide bonds. The van der Waals surface area contributed by atoms with Crippen LogP contribution in [0.2, 0.25) is 0 Å². The first-order valence-corrected chi connectivity index (χ1v) is 6.98. The smallest absolute Gasteiger partial charge is 0.319 e. The van der Waals surface area contributed by atoms with Crippen molar-refractivity contribution >= 4 is 11.7 Å². The Balaban J connectivity index is 1.54. The Bertz CT molecular complexity index is 438. The number of urea groups is 1. The van der Waals surface area contributed by atoms with Crippen molar-refractivity contribution in [1.29, 1.82) is 0 Å². The maximum absolute atomic E-state index is 12.0. The lowest BCUT2D eigenvalue weighted by Crippen LogP contribution is -2.40. The van der Waals surface area contributed by atoms with E-state index in [2.05, 4.69) is 10.6 Å². The molecule has 4 heteroatoms. The minimum absolute atomic E-state index is 0.0889. The minimum atomic E-state index is -0.0889. The van der Waals surface area contributed by atoms with Crippen LogP contribution in [0.5, 0.6) is 5.75 Å². The SMILES string of the molecule is COc1ccc(NC(=O)NC(C2CC2)C2CC2)cc1. The van der Waals surface area contributed by atoms with E-state index in [-0.39, 0.29) is 6.03 Å². The van der Waals surface area contributed by atoms with Crippen LogP contribution in [0.1, 0.15) is 25.7 Å². The van der Waals surface area contributed by atoms with Crippen molar-refractivity contribution in [1.82, 2.24) is 5.32 Å². The van der Waals surface area contributed by atoms with Gasteiger partial charge in [-0.3, -0.25) is 0 Å². The average molecular weight is 260 g/mol. The number of hydrogen-bond donors (Lipinski definition) is 2. The van der Waals surface area contributed by atoms with Gasteiger partial charge in [0.1, 0.15) is 5.75 Å². The number of amides is 2. The number of ether oxygens (including phenoxy) is 1. The Morgan fingerprint density at radius 2 is 1.74 bits per heavy atom. The zero-order chi connectivity index (χ0) is 13.2. The number of hydrogen-bond acceptors (Lipinski definition) is 2. The molecule has 1 aromatic carbocycles. The molecule has 0 bridgehead atoms. The molecule has 0 aromatic heterocycles. The fraction of sp³-hybridized carbons (Fsp3) is 0.533. The summed E-state index contributed by atoms with van der Waals surface area (Å²) in [6.07, 6.45) is 5.07. The largest absolute Gasteiger partial charge is 0.497 e. The van der Waals surface area contributed by atoms with Crippen molar-refractivity contribution in [3.63, 3.8) is 0 Å². The summed E-state index contributed by atoms with van der Waals surface area (Å²) in [4.78, 5) is 12.0. The Labute approximate surface area is 113 Å². The van der Waals surface area contributed by atoms with Crippen LogP contribution in [-0.4, -0.2) is 19.2 Å². The first-order valence-electron chi connectivity index (χ1n) is 6.98. The van der Waals surface area contributed by atoms with Gasteiger partial charge in [0.15, 0.2) is 0 Å². The van der Waals surface area contributed by atoms with E-state index in [0.717, 1.165) is 11.4 Å². The van der Waals surface area contributed by atoms with Crippen molar-refractivity contribution in [3.8, 4) is 5.75 Å². The highest BCUT2D eigenvalue weighted by Gasteiger charge is 2.42. The first-order chi connectivity index (χ1) is 9.26. The van der Waals surface area contributed by atoms with Gasteiger partial charge in [-0.05, 0) is 61.8 Å². The highest BCUT2D eigenvalue weighted by Crippen LogP contribution is 2.44. The topological polar surface area (TPSA) is 50.4 Å². The van der Waals surface area contributed by atoms with Crippen molar-refractivity contribution < 1.29 is 9.53 Å².